The Morgan fingerprint density at radius 3 is 2.62 bits per heavy atom. The fourth-order valence-electron chi connectivity index (χ4n) is 2.35. The van der Waals surface area contributed by atoms with Crippen LogP contribution in [0.5, 0.6) is 0 Å². The fourth-order valence-corrected chi connectivity index (χ4v) is 2.48. The van der Waals surface area contributed by atoms with Gasteiger partial charge in [-0.2, -0.15) is 4.68 Å². The quantitative estimate of drug-likeness (QED) is 0.596. The number of para-hydroxylation sites is 1. The molecule has 118 valence electrons. The number of anilines is 3. The first-order valence-corrected chi connectivity index (χ1v) is 7.54. The van der Waals surface area contributed by atoms with E-state index in [1.807, 2.05) is 36.4 Å². The molecule has 0 amide bonds. The average molecular weight is 338 g/mol. The van der Waals surface area contributed by atoms with E-state index in [1.54, 1.807) is 16.8 Å². The lowest BCUT2D eigenvalue weighted by Crippen LogP contribution is -2.08. The van der Waals surface area contributed by atoms with Crippen LogP contribution in [0.2, 0.25) is 5.02 Å². The molecular weight excluding hydrogens is 326 g/mol. The molecule has 2 heterocycles. The minimum atomic E-state index is 0.378. The van der Waals surface area contributed by atoms with Crippen molar-refractivity contribution in [1.29, 1.82) is 0 Å². The van der Waals surface area contributed by atoms with Crippen LogP contribution in [0.25, 0.3) is 16.9 Å². The number of hydrogen-bond donors (Lipinski definition) is 2. The molecule has 0 saturated heterocycles. The molecule has 8 heteroatoms. The highest BCUT2D eigenvalue weighted by molar-refractivity contribution is 6.30. The Balaban J connectivity index is 1.77. The Kier molecular flexibility index (Phi) is 3.47. The van der Waals surface area contributed by atoms with Crippen LogP contribution in [-0.2, 0) is 0 Å². The molecule has 7 nitrogen and oxygen atoms in total. The van der Waals surface area contributed by atoms with Gasteiger partial charge >= 0.3 is 0 Å². The average Bonchev–Trinajstić information content (AvgIpc) is 3.03. The fraction of sp³-hybridized carbons (Fsp3) is 0. The Hall–Kier alpha value is -3.19. The summed E-state index contributed by atoms with van der Waals surface area (Å²) in [6, 6.07) is 14.8. The standard InChI is InChI=1S/C16H12ClN7/c17-10-5-7-11(8-6-10)21-15-14(18)16(20-9-19-15)24-13-4-2-1-3-12(13)22-23-24/h1-9H,18H2,(H,19,20,21). The molecule has 0 spiro atoms. The predicted molar refractivity (Wildman–Crippen MR) is 93.6 cm³/mol. The summed E-state index contributed by atoms with van der Waals surface area (Å²) in [7, 11) is 0. The van der Waals surface area contributed by atoms with Crippen LogP contribution < -0.4 is 11.1 Å². The molecule has 2 aromatic heterocycles. The van der Waals surface area contributed by atoms with Crippen molar-refractivity contribution in [1.82, 2.24) is 25.0 Å². The lowest BCUT2D eigenvalue weighted by atomic mass is 10.3. The van der Waals surface area contributed by atoms with Crippen molar-refractivity contribution in [3.63, 3.8) is 0 Å². The second-order valence-corrected chi connectivity index (χ2v) is 5.52. The number of nitrogen functional groups attached to an aromatic ring is 1. The van der Waals surface area contributed by atoms with Gasteiger partial charge in [0.2, 0.25) is 0 Å². The van der Waals surface area contributed by atoms with Gasteiger partial charge in [0.25, 0.3) is 0 Å². The van der Waals surface area contributed by atoms with Gasteiger partial charge in [-0.1, -0.05) is 28.9 Å². The summed E-state index contributed by atoms with van der Waals surface area (Å²) in [6.45, 7) is 0. The second-order valence-electron chi connectivity index (χ2n) is 5.08. The van der Waals surface area contributed by atoms with Gasteiger partial charge in [0.1, 0.15) is 17.5 Å². The third-order valence-corrected chi connectivity index (χ3v) is 3.77. The molecule has 4 rings (SSSR count). The predicted octanol–water partition coefficient (Wildman–Crippen LogP) is 3.19. The lowest BCUT2D eigenvalue weighted by molar-refractivity contribution is 0.800. The summed E-state index contributed by atoms with van der Waals surface area (Å²) in [4.78, 5) is 8.46. The normalized spacial score (nSPS) is 10.9. The Morgan fingerprint density at radius 2 is 1.79 bits per heavy atom. The molecule has 0 fully saturated rings. The molecule has 0 saturated carbocycles. The highest BCUT2D eigenvalue weighted by Crippen LogP contribution is 2.26. The highest BCUT2D eigenvalue weighted by Gasteiger charge is 2.14. The zero-order chi connectivity index (χ0) is 16.5. The molecule has 0 aliphatic rings. The van der Waals surface area contributed by atoms with Crippen molar-refractivity contribution < 1.29 is 0 Å². The van der Waals surface area contributed by atoms with Crippen LogP contribution in [0.3, 0.4) is 0 Å². The van der Waals surface area contributed by atoms with E-state index in [1.165, 1.54) is 6.33 Å². The van der Waals surface area contributed by atoms with Crippen LogP contribution in [0.15, 0.2) is 54.9 Å². The number of hydrogen-bond acceptors (Lipinski definition) is 6. The zero-order valence-electron chi connectivity index (χ0n) is 12.4. The maximum Gasteiger partial charge on any atom is 0.184 e. The molecular formula is C16H12ClN7. The SMILES string of the molecule is Nc1c(Nc2ccc(Cl)cc2)ncnc1-n1nnc2ccccc21. The number of fused-ring (bicyclic) bond motifs is 1. The van der Waals surface area contributed by atoms with E-state index in [0.717, 1.165) is 16.7 Å². The molecule has 0 atom stereocenters. The summed E-state index contributed by atoms with van der Waals surface area (Å²) in [5.74, 6) is 0.956. The van der Waals surface area contributed by atoms with Gasteiger partial charge in [0.15, 0.2) is 11.6 Å². The number of benzene rings is 2. The molecule has 3 N–H and O–H groups in total. The Morgan fingerprint density at radius 1 is 1.00 bits per heavy atom. The first-order chi connectivity index (χ1) is 11.7. The third-order valence-electron chi connectivity index (χ3n) is 3.52. The highest BCUT2D eigenvalue weighted by atomic mass is 35.5. The van der Waals surface area contributed by atoms with E-state index in [2.05, 4.69) is 25.6 Å². The third kappa shape index (κ3) is 2.50. The van der Waals surface area contributed by atoms with Crippen LogP contribution in [-0.4, -0.2) is 25.0 Å². The molecule has 2 aromatic carbocycles. The largest absolute Gasteiger partial charge is 0.393 e. The van der Waals surface area contributed by atoms with Crippen molar-refractivity contribution in [3.05, 3.63) is 59.9 Å². The van der Waals surface area contributed by atoms with Gasteiger partial charge in [0.05, 0.1) is 5.52 Å². The number of nitrogens with one attached hydrogen (secondary N) is 1. The van der Waals surface area contributed by atoms with Crippen molar-refractivity contribution in [3.8, 4) is 5.82 Å². The van der Waals surface area contributed by atoms with E-state index in [9.17, 15) is 0 Å². The monoisotopic (exact) mass is 337 g/mol. The Labute approximate surface area is 142 Å². The molecule has 0 unspecified atom stereocenters. The number of rotatable bonds is 3. The number of halogens is 1. The maximum atomic E-state index is 6.24. The van der Waals surface area contributed by atoms with E-state index < -0.39 is 0 Å². The molecule has 24 heavy (non-hydrogen) atoms. The topological polar surface area (TPSA) is 94.5 Å². The van der Waals surface area contributed by atoms with Crippen LogP contribution >= 0.6 is 11.6 Å². The van der Waals surface area contributed by atoms with Gasteiger partial charge < -0.3 is 11.1 Å². The maximum absolute atomic E-state index is 6.24. The summed E-state index contributed by atoms with van der Waals surface area (Å²) in [5, 5.41) is 12.1. The number of aromatic nitrogens is 5. The van der Waals surface area contributed by atoms with Crippen molar-refractivity contribution in [2.45, 2.75) is 0 Å². The van der Waals surface area contributed by atoms with Gasteiger partial charge in [0, 0.05) is 10.7 Å². The summed E-state index contributed by atoms with van der Waals surface area (Å²) < 4.78 is 1.60. The minimum Gasteiger partial charge on any atom is -0.393 e. The van der Waals surface area contributed by atoms with E-state index in [-0.39, 0.29) is 0 Å². The summed E-state index contributed by atoms with van der Waals surface area (Å²) in [5.41, 5.74) is 9.02. The van der Waals surface area contributed by atoms with Crippen LogP contribution in [0.4, 0.5) is 17.2 Å². The smallest absolute Gasteiger partial charge is 0.184 e. The van der Waals surface area contributed by atoms with E-state index in [4.69, 9.17) is 17.3 Å². The molecule has 0 aliphatic carbocycles. The van der Waals surface area contributed by atoms with Gasteiger partial charge in [-0.05, 0) is 36.4 Å². The Bertz CT molecular complexity index is 1010. The van der Waals surface area contributed by atoms with Gasteiger partial charge in [-0.3, -0.25) is 0 Å². The van der Waals surface area contributed by atoms with Crippen molar-refractivity contribution >= 4 is 39.8 Å². The summed E-state index contributed by atoms with van der Waals surface area (Å²) in [6.07, 6.45) is 1.43. The lowest BCUT2D eigenvalue weighted by Gasteiger charge is -2.11. The van der Waals surface area contributed by atoms with Gasteiger partial charge in [-0.15, -0.1) is 5.10 Å². The first kappa shape index (κ1) is 14.4. The second kappa shape index (κ2) is 5.78. The number of nitrogens with zero attached hydrogens (tertiary/aromatic N) is 5. The van der Waals surface area contributed by atoms with Gasteiger partial charge in [-0.25, -0.2) is 9.97 Å². The zero-order valence-corrected chi connectivity index (χ0v) is 13.1. The first-order valence-electron chi connectivity index (χ1n) is 7.16. The minimum absolute atomic E-state index is 0.378. The molecule has 4 aromatic rings. The van der Waals surface area contributed by atoms with Crippen LogP contribution in [0, 0.1) is 0 Å². The number of nitrogens with two attached hydrogens (primary N) is 1. The van der Waals surface area contributed by atoms with E-state index >= 15 is 0 Å². The summed E-state index contributed by atoms with van der Waals surface area (Å²) >= 11 is 5.90. The van der Waals surface area contributed by atoms with E-state index in [0.29, 0.717) is 22.3 Å². The molecule has 0 bridgehead atoms. The molecule has 0 aliphatic heterocycles. The van der Waals surface area contributed by atoms with Crippen molar-refractivity contribution in [2.75, 3.05) is 11.1 Å². The van der Waals surface area contributed by atoms with Crippen LogP contribution in [0.1, 0.15) is 0 Å². The molecule has 0 radical (unpaired) electrons. The van der Waals surface area contributed by atoms with Crippen molar-refractivity contribution in [2.24, 2.45) is 0 Å².